The summed E-state index contributed by atoms with van der Waals surface area (Å²) in [4.78, 5) is 42.8. The molecule has 1 N–H and O–H groups in total. The molecule has 0 saturated heterocycles. The van der Waals surface area contributed by atoms with Gasteiger partial charge >= 0.3 is 11.9 Å². The van der Waals surface area contributed by atoms with Gasteiger partial charge < -0.3 is 19.3 Å². The standard InChI is InChI=1S/C27H25BrN2O7S/c1-14(2)37-26(34)23-15(3)29-27-30(24(23)17-6-8-18(35-4)9-7-17)25(33)21(38-27)12-16-5-10-20(19(28)11-16)36-13-22(31)32/h5-12,14,24H,13H2,1-4H3,(H,31,32)/b21-12+/t24-/m0/s1. The van der Waals surface area contributed by atoms with Gasteiger partial charge in [0.15, 0.2) is 11.4 Å². The maximum Gasteiger partial charge on any atom is 0.341 e. The van der Waals surface area contributed by atoms with Crippen molar-refractivity contribution in [2.75, 3.05) is 13.7 Å². The molecular weight excluding hydrogens is 576 g/mol. The summed E-state index contributed by atoms with van der Waals surface area (Å²) in [6.07, 6.45) is 1.37. The van der Waals surface area contributed by atoms with Crippen molar-refractivity contribution in [3.63, 3.8) is 0 Å². The number of thiazole rings is 1. The van der Waals surface area contributed by atoms with Gasteiger partial charge in [-0.3, -0.25) is 9.36 Å². The second kappa shape index (κ2) is 11.4. The quantitative estimate of drug-likeness (QED) is 0.394. The number of nitrogens with zero attached hydrogens (tertiary/aromatic N) is 2. The van der Waals surface area contributed by atoms with Crippen LogP contribution in [0.1, 0.15) is 37.9 Å². The molecule has 0 saturated carbocycles. The smallest absolute Gasteiger partial charge is 0.341 e. The summed E-state index contributed by atoms with van der Waals surface area (Å²) >= 11 is 4.60. The number of hydrogen-bond acceptors (Lipinski definition) is 8. The average Bonchev–Trinajstić information content (AvgIpc) is 3.16. The fraction of sp³-hybridized carbons (Fsp3) is 0.259. The van der Waals surface area contributed by atoms with E-state index in [1.54, 1.807) is 64.3 Å². The Morgan fingerprint density at radius 3 is 2.53 bits per heavy atom. The Bertz CT molecular complexity index is 1600. The predicted molar refractivity (Wildman–Crippen MR) is 145 cm³/mol. The molecule has 0 aliphatic carbocycles. The van der Waals surface area contributed by atoms with Crippen molar-refractivity contribution >= 4 is 45.3 Å². The summed E-state index contributed by atoms with van der Waals surface area (Å²) in [7, 11) is 1.57. The van der Waals surface area contributed by atoms with E-state index >= 15 is 0 Å². The summed E-state index contributed by atoms with van der Waals surface area (Å²) in [6.45, 7) is 4.80. The number of fused-ring (bicyclic) bond motifs is 1. The van der Waals surface area contributed by atoms with E-state index in [4.69, 9.17) is 19.3 Å². The molecular formula is C27H25BrN2O7S. The van der Waals surface area contributed by atoms with Crippen LogP contribution in [-0.4, -0.2) is 41.4 Å². The van der Waals surface area contributed by atoms with Crippen molar-refractivity contribution in [2.24, 2.45) is 4.99 Å². The third-order valence-corrected chi connectivity index (χ3v) is 7.22. The Labute approximate surface area is 230 Å². The van der Waals surface area contributed by atoms with Crippen molar-refractivity contribution < 1.29 is 28.9 Å². The zero-order valence-corrected chi connectivity index (χ0v) is 23.5. The minimum Gasteiger partial charge on any atom is -0.497 e. The molecule has 2 aromatic carbocycles. The number of ether oxygens (including phenoxy) is 3. The van der Waals surface area contributed by atoms with Gasteiger partial charge in [-0.1, -0.05) is 29.5 Å². The summed E-state index contributed by atoms with van der Waals surface area (Å²) in [5, 5.41) is 8.84. The molecule has 0 fully saturated rings. The first kappa shape index (κ1) is 27.3. The first-order valence-electron chi connectivity index (χ1n) is 11.6. The second-order valence-corrected chi connectivity index (χ2v) is 10.5. The Kier molecular flexibility index (Phi) is 8.17. The number of rotatable bonds is 8. The molecule has 1 atom stereocenters. The minimum atomic E-state index is -1.08. The van der Waals surface area contributed by atoms with Crippen molar-refractivity contribution in [1.29, 1.82) is 0 Å². The van der Waals surface area contributed by atoms with Crippen molar-refractivity contribution in [3.8, 4) is 11.5 Å². The molecule has 2 heterocycles. The van der Waals surface area contributed by atoms with E-state index in [2.05, 4.69) is 20.9 Å². The molecule has 0 amide bonds. The summed E-state index contributed by atoms with van der Waals surface area (Å²) < 4.78 is 18.5. The third kappa shape index (κ3) is 5.73. The highest BCUT2D eigenvalue weighted by Crippen LogP contribution is 2.32. The first-order valence-corrected chi connectivity index (χ1v) is 13.2. The molecule has 0 radical (unpaired) electrons. The summed E-state index contributed by atoms with van der Waals surface area (Å²) in [5.41, 5.74) is 1.88. The number of carboxylic acids is 1. The largest absolute Gasteiger partial charge is 0.497 e. The third-order valence-electron chi connectivity index (χ3n) is 5.62. The number of methoxy groups -OCH3 is 1. The summed E-state index contributed by atoms with van der Waals surface area (Å²) in [5.74, 6) is -0.596. The van der Waals surface area contributed by atoms with Crippen LogP contribution in [0.25, 0.3) is 6.08 Å². The van der Waals surface area contributed by atoms with E-state index in [0.717, 1.165) is 0 Å². The van der Waals surface area contributed by atoms with Gasteiger partial charge in [-0.25, -0.2) is 14.6 Å². The zero-order chi connectivity index (χ0) is 27.6. The molecule has 1 aromatic heterocycles. The number of carboxylic acid groups (broad SMARTS) is 1. The van der Waals surface area contributed by atoms with Gasteiger partial charge in [0.25, 0.3) is 5.56 Å². The fourth-order valence-corrected chi connectivity index (χ4v) is 5.53. The van der Waals surface area contributed by atoms with Gasteiger partial charge in [0.1, 0.15) is 11.5 Å². The second-order valence-electron chi connectivity index (χ2n) is 8.68. The topological polar surface area (TPSA) is 116 Å². The molecule has 9 nitrogen and oxygen atoms in total. The maximum absolute atomic E-state index is 13.7. The Balaban J connectivity index is 1.83. The Morgan fingerprint density at radius 2 is 1.92 bits per heavy atom. The number of carbonyl (C=O) groups excluding carboxylic acids is 1. The molecule has 11 heteroatoms. The molecule has 0 bridgehead atoms. The Morgan fingerprint density at radius 1 is 1.21 bits per heavy atom. The maximum atomic E-state index is 13.7. The lowest BCUT2D eigenvalue weighted by Gasteiger charge is -2.25. The van der Waals surface area contributed by atoms with Gasteiger partial charge in [-0.05, 0) is 78.2 Å². The van der Waals surface area contributed by atoms with Crippen LogP contribution >= 0.6 is 27.3 Å². The monoisotopic (exact) mass is 600 g/mol. The minimum absolute atomic E-state index is 0.297. The molecule has 1 aliphatic rings. The molecule has 4 rings (SSSR count). The lowest BCUT2D eigenvalue weighted by molar-refractivity contribution is -0.143. The van der Waals surface area contributed by atoms with Gasteiger partial charge in [-0.2, -0.15) is 0 Å². The highest BCUT2D eigenvalue weighted by Gasteiger charge is 2.33. The van der Waals surface area contributed by atoms with Gasteiger partial charge in [0.2, 0.25) is 0 Å². The normalized spacial score (nSPS) is 15.2. The number of halogens is 1. The van der Waals surface area contributed by atoms with Crippen molar-refractivity contribution in [2.45, 2.75) is 32.9 Å². The van der Waals surface area contributed by atoms with Crippen LogP contribution in [0.5, 0.6) is 11.5 Å². The zero-order valence-electron chi connectivity index (χ0n) is 21.1. The molecule has 38 heavy (non-hydrogen) atoms. The van der Waals surface area contributed by atoms with E-state index < -0.39 is 24.6 Å². The molecule has 198 valence electrons. The van der Waals surface area contributed by atoms with Crippen LogP contribution in [0, 0.1) is 0 Å². The van der Waals surface area contributed by atoms with E-state index in [1.807, 2.05) is 12.1 Å². The van der Waals surface area contributed by atoms with Crippen LogP contribution in [-0.2, 0) is 14.3 Å². The van der Waals surface area contributed by atoms with Gasteiger partial charge in [0, 0.05) is 0 Å². The summed E-state index contributed by atoms with van der Waals surface area (Å²) in [6, 6.07) is 11.5. The number of aromatic nitrogens is 1. The average molecular weight is 601 g/mol. The number of carbonyl (C=O) groups is 2. The first-order chi connectivity index (χ1) is 18.1. The predicted octanol–water partition coefficient (Wildman–Crippen LogP) is 3.42. The van der Waals surface area contributed by atoms with E-state index in [0.29, 0.717) is 47.7 Å². The van der Waals surface area contributed by atoms with E-state index in [-0.39, 0.29) is 11.7 Å². The van der Waals surface area contributed by atoms with E-state index in [1.165, 1.54) is 15.9 Å². The molecule has 0 unspecified atom stereocenters. The highest BCUT2D eigenvalue weighted by molar-refractivity contribution is 9.10. The molecule has 0 spiro atoms. The Hall–Kier alpha value is -3.70. The lowest BCUT2D eigenvalue weighted by Crippen LogP contribution is -2.40. The lowest BCUT2D eigenvalue weighted by atomic mass is 9.96. The fourth-order valence-electron chi connectivity index (χ4n) is 3.98. The van der Waals surface area contributed by atoms with Crippen LogP contribution in [0.15, 0.2) is 68.0 Å². The number of esters is 1. The number of hydrogen-bond donors (Lipinski definition) is 1. The van der Waals surface area contributed by atoms with Crippen LogP contribution in [0.3, 0.4) is 0 Å². The molecule has 1 aliphatic heterocycles. The van der Waals surface area contributed by atoms with Crippen LogP contribution in [0.4, 0.5) is 0 Å². The van der Waals surface area contributed by atoms with Crippen LogP contribution in [0.2, 0.25) is 0 Å². The van der Waals surface area contributed by atoms with Crippen LogP contribution < -0.4 is 24.4 Å². The SMILES string of the molecule is COc1ccc([C@H]2C(C(=O)OC(C)C)=C(C)N=c3s/c(=C/c4ccc(OCC(=O)O)c(Br)c4)c(=O)n32)cc1. The van der Waals surface area contributed by atoms with Crippen molar-refractivity contribution in [3.05, 3.63) is 89.0 Å². The number of benzene rings is 2. The highest BCUT2D eigenvalue weighted by atomic mass is 79.9. The van der Waals surface area contributed by atoms with Crippen molar-refractivity contribution in [1.82, 2.24) is 4.57 Å². The number of aliphatic carboxylic acids is 1. The van der Waals surface area contributed by atoms with Gasteiger partial charge in [0.05, 0.1) is 39.5 Å². The molecule has 3 aromatic rings. The number of allylic oxidation sites excluding steroid dienone is 1. The van der Waals surface area contributed by atoms with Gasteiger partial charge in [-0.15, -0.1) is 0 Å². The van der Waals surface area contributed by atoms with E-state index in [9.17, 15) is 14.4 Å².